The number of aryl methyl sites for hydroxylation is 1. The van der Waals surface area contributed by atoms with Crippen LogP contribution in [0, 0.1) is 5.92 Å². The molecule has 1 atom stereocenters. The standard InChI is InChI=1S/C16H22BrNO/c17-15-14-6-2-1-5-12(14)9-13(16(15)19)8-11-4-3-7-18-10-11/h9,11,18-19H,1-8,10H2. The molecule has 2 nitrogen and oxygen atoms in total. The van der Waals surface area contributed by atoms with E-state index in [-0.39, 0.29) is 0 Å². The van der Waals surface area contributed by atoms with Gasteiger partial charge in [-0.2, -0.15) is 0 Å². The van der Waals surface area contributed by atoms with Crippen molar-refractivity contribution >= 4 is 15.9 Å². The molecule has 3 rings (SSSR count). The Labute approximate surface area is 123 Å². The van der Waals surface area contributed by atoms with Crippen molar-refractivity contribution in [1.82, 2.24) is 5.32 Å². The van der Waals surface area contributed by atoms with Gasteiger partial charge < -0.3 is 10.4 Å². The fraction of sp³-hybridized carbons (Fsp3) is 0.625. The molecule has 2 aliphatic rings. The maximum absolute atomic E-state index is 10.4. The third kappa shape index (κ3) is 2.82. The van der Waals surface area contributed by atoms with E-state index in [1.807, 2.05) is 0 Å². The normalized spacial score (nSPS) is 23.1. The number of benzene rings is 1. The molecule has 1 unspecified atom stereocenters. The van der Waals surface area contributed by atoms with Crippen molar-refractivity contribution in [2.24, 2.45) is 5.92 Å². The van der Waals surface area contributed by atoms with Gasteiger partial charge in [0.2, 0.25) is 0 Å². The third-order valence-electron chi connectivity index (χ3n) is 4.54. The molecular weight excluding hydrogens is 302 g/mol. The number of hydrogen-bond donors (Lipinski definition) is 2. The van der Waals surface area contributed by atoms with Crippen molar-refractivity contribution < 1.29 is 5.11 Å². The zero-order valence-electron chi connectivity index (χ0n) is 11.3. The maximum Gasteiger partial charge on any atom is 0.133 e. The van der Waals surface area contributed by atoms with Gasteiger partial charge in [0.25, 0.3) is 0 Å². The zero-order valence-corrected chi connectivity index (χ0v) is 12.9. The number of piperidine rings is 1. The number of phenols is 1. The first-order valence-corrected chi connectivity index (χ1v) is 8.28. The molecule has 104 valence electrons. The Bertz CT molecular complexity index is 466. The zero-order chi connectivity index (χ0) is 13.2. The minimum atomic E-state index is 0.492. The van der Waals surface area contributed by atoms with Crippen LogP contribution in [0.25, 0.3) is 0 Å². The van der Waals surface area contributed by atoms with Crippen LogP contribution in [-0.4, -0.2) is 18.2 Å². The summed E-state index contributed by atoms with van der Waals surface area (Å²) in [6.45, 7) is 2.24. The quantitative estimate of drug-likeness (QED) is 0.872. The van der Waals surface area contributed by atoms with E-state index in [1.54, 1.807) is 0 Å². The second-order valence-electron chi connectivity index (χ2n) is 5.96. The lowest BCUT2D eigenvalue weighted by atomic mass is 9.86. The molecule has 0 radical (unpaired) electrons. The Morgan fingerprint density at radius 1 is 1.26 bits per heavy atom. The van der Waals surface area contributed by atoms with E-state index in [4.69, 9.17) is 0 Å². The van der Waals surface area contributed by atoms with Gasteiger partial charge in [-0.25, -0.2) is 0 Å². The molecule has 1 aromatic rings. The van der Waals surface area contributed by atoms with Crippen LogP contribution in [0.4, 0.5) is 0 Å². The van der Waals surface area contributed by atoms with E-state index >= 15 is 0 Å². The molecular formula is C16H22BrNO. The minimum Gasteiger partial charge on any atom is -0.506 e. The molecule has 2 N–H and O–H groups in total. The predicted molar refractivity (Wildman–Crippen MR) is 81.7 cm³/mol. The van der Waals surface area contributed by atoms with Crippen LogP contribution in [0.5, 0.6) is 5.75 Å². The van der Waals surface area contributed by atoms with Crippen molar-refractivity contribution in [2.75, 3.05) is 13.1 Å². The largest absolute Gasteiger partial charge is 0.506 e. The van der Waals surface area contributed by atoms with Gasteiger partial charge in [-0.15, -0.1) is 0 Å². The number of phenolic OH excluding ortho intramolecular Hbond substituents is 1. The highest BCUT2D eigenvalue weighted by molar-refractivity contribution is 9.10. The van der Waals surface area contributed by atoms with Crippen molar-refractivity contribution in [3.8, 4) is 5.75 Å². The fourth-order valence-corrected chi connectivity index (χ4v) is 4.17. The molecule has 1 aliphatic heterocycles. The summed E-state index contributed by atoms with van der Waals surface area (Å²) in [6.07, 6.45) is 8.35. The van der Waals surface area contributed by atoms with Crippen LogP contribution in [0.3, 0.4) is 0 Å². The first kappa shape index (κ1) is 13.4. The molecule has 0 saturated carbocycles. The van der Waals surface area contributed by atoms with Gasteiger partial charge in [-0.1, -0.05) is 6.07 Å². The fourth-order valence-electron chi connectivity index (χ4n) is 3.47. The van der Waals surface area contributed by atoms with Crippen molar-refractivity contribution in [2.45, 2.75) is 44.9 Å². The van der Waals surface area contributed by atoms with E-state index in [0.29, 0.717) is 11.7 Å². The van der Waals surface area contributed by atoms with Gasteiger partial charge in [0, 0.05) is 0 Å². The van der Waals surface area contributed by atoms with E-state index in [9.17, 15) is 5.11 Å². The molecule has 0 bridgehead atoms. The smallest absolute Gasteiger partial charge is 0.133 e. The summed E-state index contributed by atoms with van der Waals surface area (Å²) in [4.78, 5) is 0. The highest BCUT2D eigenvalue weighted by atomic mass is 79.9. The number of hydrogen-bond acceptors (Lipinski definition) is 2. The summed E-state index contributed by atoms with van der Waals surface area (Å²) in [5.41, 5.74) is 3.94. The monoisotopic (exact) mass is 323 g/mol. The van der Waals surface area contributed by atoms with Crippen LogP contribution < -0.4 is 5.32 Å². The molecule has 1 aliphatic carbocycles. The highest BCUT2D eigenvalue weighted by Gasteiger charge is 2.21. The predicted octanol–water partition coefficient (Wildman–Crippen LogP) is 3.58. The van der Waals surface area contributed by atoms with Gasteiger partial charge in [0.15, 0.2) is 0 Å². The van der Waals surface area contributed by atoms with Gasteiger partial charge in [0.05, 0.1) is 4.47 Å². The lowest BCUT2D eigenvalue weighted by Crippen LogP contribution is -2.30. The Hall–Kier alpha value is -0.540. The molecule has 1 aromatic carbocycles. The highest BCUT2D eigenvalue weighted by Crippen LogP contribution is 2.38. The molecule has 1 saturated heterocycles. The lowest BCUT2D eigenvalue weighted by molar-refractivity contribution is 0.369. The van der Waals surface area contributed by atoms with E-state index < -0.39 is 0 Å². The summed E-state index contributed by atoms with van der Waals surface area (Å²) in [6, 6.07) is 2.27. The second-order valence-corrected chi connectivity index (χ2v) is 6.75. The minimum absolute atomic E-state index is 0.492. The Kier molecular flexibility index (Phi) is 4.13. The average molecular weight is 324 g/mol. The topological polar surface area (TPSA) is 32.3 Å². The summed E-state index contributed by atoms with van der Waals surface area (Å²) < 4.78 is 0.962. The summed E-state index contributed by atoms with van der Waals surface area (Å²) in [7, 11) is 0. The SMILES string of the molecule is Oc1c(CC2CCCNC2)cc2c(c1Br)CCCC2. The summed E-state index contributed by atoms with van der Waals surface area (Å²) in [5, 5.41) is 13.9. The molecule has 19 heavy (non-hydrogen) atoms. The van der Waals surface area contributed by atoms with E-state index in [1.165, 1.54) is 43.2 Å². The van der Waals surface area contributed by atoms with E-state index in [0.717, 1.165) is 36.0 Å². The van der Waals surface area contributed by atoms with Crippen molar-refractivity contribution in [3.63, 3.8) is 0 Å². The van der Waals surface area contributed by atoms with Crippen LogP contribution in [-0.2, 0) is 19.3 Å². The number of aromatic hydroxyl groups is 1. The molecule has 0 aromatic heterocycles. The van der Waals surface area contributed by atoms with Crippen LogP contribution in [0.2, 0.25) is 0 Å². The lowest BCUT2D eigenvalue weighted by Gasteiger charge is -2.25. The van der Waals surface area contributed by atoms with Crippen LogP contribution in [0.1, 0.15) is 42.4 Å². The summed E-state index contributed by atoms with van der Waals surface area (Å²) >= 11 is 3.62. The summed E-state index contributed by atoms with van der Waals surface area (Å²) in [5.74, 6) is 1.17. The van der Waals surface area contributed by atoms with E-state index in [2.05, 4.69) is 27.3 Å². The van der Waals surface area contributed by atoms with Crippen molar-refractivity contribution in [1.29, 1.82) is 0 Å². The first-order chi connectivity index (χ1) is 9.25. The Balaban J connectivity index is 1.86. The maximum atomic E-state index is 10.4. The number of nitrogens with one attached hydrogen (secondary N) is 1. The number of fused-ring (bicyclic) bond motifs is 1. The number of rotatable bonds is 2. The average Bonchev–Trinajstić information content (AvgIpc) is 2.46. The molecule has 3 heteroatoms. The van der Waals surface area contributed by atoms with Gasteiger partial charge in [-0.05, 0) is 96.6 Å². The van der Waals surface area contributed by atoms with Gasteiger partial charge in [0.1, 0.15) is 5.75 Å². The first-order valence-electron chi connectivity index (χ1n) is 7.48. The molecule has 1 fully saturated rings. The van der Waals surface area contributed by atoms with Crippen LogP contribution >= 0.6 is 15.9 Å². The third-order valence-corrected chi connectivity index (χ3v) is 5.40. The number of halogens is 1. The van der Waals surface area contributed by atoms with Gasteiger partial charge in [-0.3, -0.25) is 0 Å². The molecule has 0 spiro atoms. The van der Waals surface area contributed by atoms with Gasteiger partial charge >= 0.3 is 0 Å². The Morgan fingerprint density at radius 3 is 2.89 bits per heavy atom. The Morgan fingerprint density at radius 2 is 2.11 bits per heavy atom. The molecule has 1 heterocycles. The second kappa shape index (κ2) is 5.84. The van der Waals surface area contributed by atoms with Crippen LogP contribution in [0.15, 0.2) is 10.5 Å². The van der Waals surface area contributed by atoms with Crippen molar-refractivity contribution in [3.05, 3.63) is 27.2 Å². The molecule has 0 amide bonds.